The number of nitrogens with zero attached hydrogens (tertiary/aromatic N) is 3. The molecule has 8 nitrogen and oxygen atoms in total. The van der Waals surface area contributed by atoms with Crippen LogP contribution in [0, 0.1) is 5.41 Å². The summed E-state index contributed by atoms with van der Waals surface area (Å²) in [5, 5.41) is 14.5. The molecule has 1 aromatic heterocycles. The molecule has 10 heteroatoms. The summed E-state index contributed by atoms with van der Waals surface area (Å²) in [7, 11) is -3.87. The van der Waals surface area contributed by atoms with Crippen LogP contribution in [0.15, 0.2) is 36.9 Å². The van der Waals surface area contributed by atoms with Gasteiger partial charge in [-0.15, -0.1) is 0 Å². The van der Waals surface area contributed by atoms with E-state index in [1.807, 2.05) is 0 Å². The zero-order valence-electron chi connectivity index (χ0n) is 13.8. The summed E-state index contributed by atoms with van der Waals surface area (Å²) in [5.74, 6) is -0.353. The van der Waals surface area contributed by atoms with Gasteiger partial charge in [-0.25, -0.2) is 18.1 Å². The number of rotatable bonds is 7. The maximum atomic E-state index is 13.0. The lowest BCUT2D eigenvalue weighted by molar-refractivity contribution is -0.142. The minimum atomic E-state index is -3.87. The zero-order valence-corrected chi connectivity index (χ0v) is 15.4. The van der Waals surface area contributed by atoms with Gasteiger partial charge in [-0.1, -0.05) is 11.6 Å². The van der Waals surface area contributed by atoms with Crippen LogP contribution < -0.4 is 4.74 Å². The first kappa shape index (κ1) is 19.4. The van der Waals surface area contributed by atoms with Crippen molar-refractivity contribution in [3.05, 3.63) is 41.9 Å². The lowest BCUT2D eigenvalue weighted by Gasteiger charge is -2.31. The maximum absolute atomic E-state index is 13.0. The van der Waals surface area contributed by atoms with Gasteiger partial charge in [0, 0.05) is 11.3 Å². The topological polar surface area (TPSA) is 111 Å². The lowest BCUT2D eigenvalue weighted by atomic mass is 9.87. The molecule has 0 saturated carbocycles. The largest absolute Gasteiger partial charge is 0.461 e. The van der Waals surface area contributed by atoms with Crippen molar-refractivity contribution >= 4 is 27.2 Å². The number of carbonyl (C=O) groups excluding carboxylic acids is 1. The molecule has 0 aliphatic rings. The molecule has 0 amide bonds. The molecule has 2 rings (SSSR count). The highest BCUT2D eigenvalue weighted by atomic mass is 35.5. The Hall–Kier alpha value is -1.97. The van der Waals surface area contributed by atoms with Gasteiger partial charge in [-0.05, 0) is 38.1 Å². The third kappa shape index (κ3) is 4.36. The molecule has 2 atom stereocenters. The van der Waals surface area contributed by atoms with Gasteiger partial charge in [-0.2, -0.15) is 5.10 Å². The molecular formula is C15H18ClN3O5S. The van der Waals surface area contributed by atoms with E-state index in [9.17, 15) is 18.3 Å². The number of sulfone groups is 1. The smallest absolute Gasteiger partial charge is 0.252 e. The van der Waals surface area contributed by atoms with Gasteiger partial charge in [0.15, 0.2) is 15.3 Å². The van der Waals surface area contributed by atoms with Crippen LogP contribution in [0.5, 0.6) is 5.75 Å². The van der Waals surface area contributed by atoms with E-state index in [-0.39, 0.29) is 0 Å². The minimum absolute atomic E-state index is 0.322. The fourth-order valence-corrected chi connectivity index (χ4v) is 3.50. The number of aliphatic hydroxyl groups is 1. The summed E-state index contributed by atoms with van der Waals surface area (Å²) in [6, 6.07) is 6.27. The van der Waals surface area contributed by atoms with Crippen molar-refractivity contribution in [1.82, 2.24) is 14.8 Å². The number of ketones is 1. The quantitative estimate of drug-likeness (QED) is 0.765. The molecule has 0 bridgehead atoms. The molecule has 25 heavy (non-hydrogen) atoms. The van der Waals surface area contributed by atoms with E-state index in [0.29, 0.717) is 10.8 Å². The van der Waals surface area contributed by atoms with Crippen molar-refractivity contribution in [2.45, 2.75) is 25.5 Å². The van der Waals surface area contributed by atoms with Gasteiger partial charge in [-0.3, -0.25) is 4.79 Å². The molecular weight excluding hydrogens is 370 g/mol. The van der Waals surface area contributed by atoms with Crippen LogP contribution in [-0.4, -0.2) is 45.8 Å². The number of halogens is 1. The van der Waals surface area contributed by atoms with Crippen LogP contribution in [-0.2, 0) is 14.6 Å². The highest BCUT2D eigenvalue weighted by Gasteiger charge is 2.46. The van der Waals surface area contributed by atoms with Crippen molar-refractivity contribution in [2.24, 2.45) is 5.41 Å². The molecule has 0 spiro atoms. The maximum Gasteiger partial charge on any atom is 0.252 e. The van der Waals surface area contributed by atoms with Gasteiger partial charge < -0.3 is 9.84 Å². The molecule has 0 radical (unpaired) electrons. The molecule has 136 valence electrons. The van der Waals surface area contributed by atoms with E-state index >= 15 is 0 Å². The Bertz CT molecular complexity index is 835. The SMILES string of the molecule is CC(C)(C(=O)C(Oc1ccc(Cl)cc1)n1cncn1)C(O)S(C)(=O)=O. The van der Waals surface area contributed by atoms with Crippen molar-refractivity contribution in [3.8, 4) is 5.75 Å². The van der Waals surface area contributed by atoms with Crippen LogP contribution in [0.3, 0.4) is 0 Å². The number of ether oxygens (including phenoxy) is 1. The van der Waals surface area contributed by atoms with Crippen molar-refractivity contribution < 1.29 is 23.1 Å². The Labute approximate surface area is 150 Å². The average molecular weight is 388 g/mol. The predicted molar refractivity (Wildman–Crippen MR) is 90.8 cm³/mol. The van der Waals surface area contributed by atoms with Gasteiger partial charge in [0.05, 0.1) is 5.41 Å². The number of Topliss-reactive ketones (excluding diaryl/α,β-unsaturated/α-hetero) is 1. The standard InChI is InChI=1S/C15H18ClN3O5S/c1-15(2,14(21)25(3,22)23)12(20)13(19-9-17-8-18-19)24-11-6-4-10(16)5-7-11/h4-9,13-14,21H,1-3H3. The first-order valence-corrected chi connectivity index (χ1v) is 9.54. The molecule has 0 saturated heterocycles. The third-order valence-electron chi connectivity index (χ3n) is 3.62. The van der Waals surface area contributed by atoms with Crippen LogP contribution in [0.1, 0.15) is 20.1 Å². The molecule has 1 aromatic carbocycles. The van der Waals surface area contributed by atoms with Crippen molar-refractivity contribution in [2.75, 3.05) is 6.26 Å². The minimum Gasteiger partial charge on any atom is -0.461 e. The number of aromatic nitrogens is 3. The fraction of sp³-hybridized carbons (Fsp3) is 0.400. The van der Waals surface area contributed by atoms with E-state index < -0.39 is 32.7 Å². The molecule has 1 heterocycles. The van der Waals surface area contributed by atoms with Gasteiger partial charge >= 0.3 is 0 Å². The van der Waals surface area contributed by atoms with E-state index in [1.165, 1.54) is 26.5 Å². The number of aliphatic hydroxyl groups excluding tert-OH is 1. The Balaban J connectivity index is 2.38. The Morgan fingerprint density at radius 2 is 1.92 bits per heavy atom. The summed E-state index contributed by atoms with van der Waals surface area (Å²) >= 11 is 5.82. The zero-order chi connectivity index (χ0) is 18.8. The number of benzene rings is 1. The first-order valence-electron chi connectivity index (χ1n) is 7.21. The van der Waals surface area contributed by atoms with E-state index in [4.69, 9.17) is 16.3 Å². The third-order valence-corrected chi connectivity index (χ3v) is 5.27. The lowest BCUT2D eigenvalue weighted by Crippen LogP contribution is -2.46. The van der Waals surface area contributed by atoms with Gasteiger partial charge in [0.2, 0.25) is 5.78 Å². The van der Waals surface area contributed by atoms with E-state index in [1.54, 1.807) is 24.3 Å². The number of hydrogen-bond acceptors (Lipinski definition) is 7. The van der Waals surface area contributed by atoms with Crippen LogP contribution in [0.4, 0.5) is 0 Å². The fourth-order valence-electron chi connectivity index (χ4n) is 2.18. The summed E-state index contributed by atoms with van der Waals surface area (Å²) < 4.78 is 30.2. The summed E-state index contributed by atoms with van der Waals surface area (Å²) in [5.41, 5.74) is -3.54. The van der Waals surface area contributed by atoms with Crippen LogP contribution in [0.25, 0.3) is 0 Å². The summed E-state index contributed by atoms with van der Waals surface area (Å²) in [6.07, 6.45) is 2.03. The average Bonchev–Trinajstić information content (AvgIpc) is 3.06. The Morgan fingerprint density at radius 3 is 2.40 bits per heavy atom. The summed E-state index contributed by atoms with van der Waals surface area (Å²) in [6.45, 7) is 2.66. The second-order valence-corrected chi connectivity index (χ2v) is 8.61. The van der Waals surface area contributed by atoms with E-state index in [2.05, 4.69) is 10.1 Å². The second-order valence-electron chi connectivity index (χ2n) is 6.07. The van der Waals surface area contributed by atoms with Crippen LogP contribution >= 0.6 is 11.6 Å². The highest BCUT2D eigenvalue weighted by Crippen LogP contribution is 2.32. The molecule has 0 fully saturated rings. The molecule has 2 unspecified atom stereocenters. The Kier molecular flexibility index (Phi) is 5.50. The van der Waals surface area contributed by atoms with E-state index in [0.717, 1.165) is 10.9 Å². The first-order chi connectivity index (χ1) is 11.5. The number of hydrogen-bond donors (Lipinski definition) is 1. The Morgan fingerprint density at radius 1 is 1.32 bits per heavy atom. The molecule has 0 aliphatic carbocycles. The molecule has 0 aliphatic heterocycles. The predicted octanol–water partition coefficient (Wildman–Crippen LogP) is 1.47. The van der Waals surface area contributed by atoms with Crippen molar-refractivity contribution in [3.63, 3.8) is 0 Å². The van der Waals surface area contributed by atoms with Gasteiger partial charge in [0.25, 0.3) is 6.23 Å². The summed E-state index contributed by atoms with van der Waals surface area (Å²) in [4.78, 5) is 16.7. The number of carbonyl (C=O) groups is 1. The highest BCUT2D eigenvalue weighted by molar-refractivity contribution is 7.91. The van der Waals surface area contributed by atoms with Gasteiger partial charge in [0.1, 0.15) is 18.4 Å². The van der Waals surface area contributed by atoms with Crippen molar-refractivity contribution in [1.29, 1.82) is 0 Å². The normalized spacial score (nSPS) is 14.8. The monoisotopic (exact) mass is 387 g/mol. The molecule has 1 N–H and O–H groups in total. The second kappa shape index (κ2) is 7.11. The molecule has 2 aromatic rings. The van der Waals surface area contributed by atoms with Crippen LogP contribution in [0.2, 0.25) is 5.02 Å².